The summed E-state index contributed by atoms with van der Waals surface area (Å²) in [5.74, 6) is 0.856. The maximum atomic E-state index is 3.64. The first kappa shape index (κ1) is 16.8. The molecule has 1 aromatic rings. The van der Waals surface area contributed by atoms with Gasteiger partial charge in [0.2, 0.25) is 0 Å². The van der Waals surface area contributed by atoms with Crippen LogP contribution < -0.4 is 10.2 Å². The van der Waals surface area contributed by atoms with Crippen molar-refractivity contribution in [1.29, 1.82) is 0 Å². The van der Waals surface area contributed by atoms with Gasteiger partial charge in [0.05, 0.1) is 0 Å². The fraction of sp³-hybridized carbons (Fsp3) is 0.667. The zero-order valence-corrected chi connectivity index (χ0v) is 15.2. The Morgan fingerprint density at radius 3 is 2.90 bits per heavy atom. The fourth-order valence-electron chi connectivity index (χ4n) is 3.25. The van der Waals surface area contributed by atoms with Crippen LogP contribution in [0.3, 0.4) is 0 Å². The highest BCUT2D eigenvalue weighted by molar-refractivity contribution is 9.10. The lowest BCUT2D eigenvalue weighted by molar-refractivity contribution is 0.403. The second-order valence-electron chi connectivity index (χ2n) is 6.24. The Kier molecular flexibility index (Phi) is 6.56. The second kappa shape index (κ2) is 8.19. The second-order valence-corrected chi connectivity index (χ2v) is 7.16. The van der Waals surface area contributed by atoms with Gasteiger partial charge in [0.1, 0.15) is 0 Å². The smallest absolute Gasteiger partial charge is 0.0415 e. The molecule has 1 N–H and O–H groups in total. The molecular weight excluding hydrogens is 324 g/mol. The molecular formula is C18H29BrN2. The third kappa shape index (κ3) is 4.46. The van der Waals surface area contributed by atoms with Gasteiger partial charge in [-0.15, -0.1) is 0 Å². The lowest BCUT2D eigenvalue weighted by Gasteiger charge is -2.36. The summed E-state index contributed by atoms with van der Waals surface area (Å²) in [6.45, 7) is 10.3. The van der Waals surface area contributed by atoms with Crippen LogP contribution in [0.25, 0.3) is 0 Å². The van der Waals surface area contributed by atoms with E-state index in [9.17, 15) is 0 Å². The van der Waals surface area contributed by atoms with Gasteiger partial charge in [0.15, 0.2) is 0 Å². The molecule has 1 saturated heterocycles. The number of halogens is 1. The van der Waals surface area contributed by atoms with Crippen LogP contribution in [0.2, 0.25) is 0 Å². The highest BCUT2D eigenvalue weighted by Crippen LogP contribution is 2.33. The molecule has 118 valence electrons. The molecule has 1 aromatic carbocycles. The van der Waals surface area contributed by atoms with Gasteiger partial charge in [0.25, 0.3) is 0 Å². The Morgan fingerprint density at radius 2 is 2.19 bits per heavy atom. The molecule has 0 amide bonds. The Balaban J connectivity index is 2.21. The van der Waals surface area contributed by atoms with E-state index in [2.05, 4.69) is 65.1 Å². The Bertz CT molecular complexity index is 447. The first-order valence-corrected chi connectivity index (χ1v) is 9.22. The molecule has 0 radical (unpaired) electrons. The van der Waals surface area contributed by atoms with Gasteiger partial charge in [-0.3, -0.25) is 0 Å². The van der Waals surface area contributed by atoms with Crippen molar-refractivity contribution in [2.75, 3.05) is 24.5 Å². The van der Waals surface area contributed by atoms with E-state index in [4.69, 9.17) is 0 Å². The van der Waals surface area contributed by atoms with E-state index in [1.165, 1.54) is 54.5 Å². The van der Waals surface area contributed by atoms with E-state index in [-0.39, 0.29) is 0 Å². The van der Waals surface area contributed by atoms with E-state index in [1.807, 2.05) is 0 Å². The molecule has 2 nitrogen and oxygen atoms in total. The topological polar surface area (TPSA) is 15.3 Å². The summed E-state index contributed by atoms with van der Waals surface area (Å²) in [4.78, 5) is 2.60. The highest BCUT2D eigenvalue weighted by Gasteiger charge is 2.22. The maximum Gasteiger partial charge on any atom is 0.0415 e. The van der Waals surface area contributed by atoms with Crippen molar-refractivity contribution in [1.82, 2.24) is 5.32 Å². The summed E-state index contributed by atoms with van der Waals surface area (Å²) in [5.41, 5.74) is 2.85. The van der Waals surface area contributed by atoms with E-state index in [1.54, 1.807) is 0 Å². The van der Waals surface area contributed by atoms with E-state index in [0.717, 1.165) is 12.5 Å². The van der Waals surface area contributed by atoms with Gasteiger partial charge in [-0.2, -0.15) is 0 Å². The number of anilines is 1. The Morgan fingerprint density at radius 1 is 1.38 bits per heavy atom. The quantitative estimate of drug-likeness (QED) is 0.762. The number of piperidine rings is 1. The summed E-state index contributed by atoms with van der Waals surface area (Å²) in [7, 11) is 0. The van der Waals surface area contributed by atoms with Crippen LogP contribution >= 0.6 is 15.9 Å². The van der Waals surface area contributed by atoms with Gasteiger partial charge in [-0.05, 0) is 62.4 Å². The largest absolute Gasteiger partial charge is 0.371 e. The van der Waals surface area contributed by atoms with Gasteiger partial charge in [-0.1, -0.05) is 36.2 Å². The van der Waals surface area contributed by atoms with Crippen LogP contribution in [-0.2, 0) is 0 Å². The van der Waals surface area contributed by atoms with Crippen molar-refractivity contribution in [3.8, 4) is 0 Å². The summed E-state index contributed by atoms with van der Waals surface area (Å²) in [6, 6.07) is 7.17. The van der Waals surface area contributed by atoms with E-state index >= 15 is 0 Å². The highest BCUT2D eigenvalue weighted by atomic mass is 79.9. The molecule has 1 aliphatic heterocycles. The third-order valence-corrected chi connectivity index (χ3v) is 5.09. The number of benzene rings is 1. The monoisotopic (exact) mass is 352 g/mol. The van der Waals surface area contributed by atoms with Crippen molar-refractivity contribution in [2.24, 2.45) is 5.92 Å². The number of nitrogens with one attached hydrogen (secondary N) is 1. The standard InChI is InChI=1S/C18H29BrN2/c1-4-10-20-14(3)17-12-16(19)8-9-18(17)21-11-6-7-15(5-2)13-21/h8-9,12,14-15,20H,4-7,10-11,13H2,1-3H3. The number of hydrogen-bond acceptors (Lipinski definition) is 2. The molecule has 3 heteroatoms. The van der Waals surface area contributed by atoms with Crippen LogP contribution in [0, 0.1) is 5.92 Å². The molecule has 2 rings (SSSR count). The van der Waals surface area contributed by atoms with Crippen LogP contribution in [0.4, 0.5) is 5.69 Å². The van der Waals surface area contributed by atoms with Crippen LogP contribution in [0.15, 0.2) is 22.7 Å². The Hall–Kier alpha value is -0.540. The van der Waals surface area contributed by atoms with E-state index < -0.39 is 0 Å². The first-order chi connectivity index (χ1) is 10.2. The van der Waals surface area contributed by atoms with Crippen molar-refractivity contribution >= 4 is 21.6 Å². The maximum absolute atomic E-state index is 3.64. The van der Waals surface area contributed by atoms with Crippen molar-refractivity contribution in [3.05, 3.63) is 28.2 Å². The zero-order valence-electron chi connectivity index (χ0n) is 13.7. The van der Waals surface area contributed by atoms with Gasteiger partial charge in [0, 0.05) is 29.3 Å². The molecule has 0 bridgehead atoms. The van der Waals surface area contributed by atoms with Gasteiger partial charge in [-0.25, -0.2) is 0 Å². The molecule has 0 saturated carbocycles. The van der Waals surface area contributed by atoms with Gasteiger partial charge < -0.3 is 10.2 Å². The number of nitrogens with zero attached hydrogens (tertiary/aromatic N) is 1. The van der Waals surface area contributed by atoms with Crippen LogP contribution in [-0.4, -0.2) is 19.6 Å². The van der Waals surface area contributed by atoms with Crippen molar-refractivity contribution < 1.29 is 0 Å². The molecule has 2 atom stereocenters. The number of hydrogen-bond donors (Lipinski definition) is 1. The van der Waals surface area contributed by atoms with Crippen molar-refractivity contribution in [2.45, 2.75) is 52.5 Å². The summed E-state index contributed by atoms with van der Waals surface area (Å²) < 4.78 is 1.18. The normalized spacial score (nSPS) is 20.6. The Labute approximate surface area is 138 Å². The predicted octanol–water partition coefficient (Wildman–Crippen LogP) is 5.14. The molecule has 1 aliphatic rings. The lowest BCUT2D eigenvalue weighted by atomic mass is 9.94. The minimum atomic E-state index is 0.402. The molecule has 0 aliphatic carbocycles. The molecule has 21 heavy (non-hydrogen) atoms. The molecule has 0 spiro atoms. The summed E-state index contributed by atoms with van der Waals surface area (Å²) in [5, 5.41) is 3.63. The SMILES string of the molecule is CCCNC(C)c1cc(Br)ccc1N1CCCC(CC)C1. The summed E-state index contributed by atoms with van der Waals surface area (Å²) >= 11 is 3.64. The van der Waals surface area contributed by atoms with Crippen LogP contribution in [0.5, 0.6) is 0 Å². The zero-order chi connectivity index (χ0) is 15.2. The first-order valence-electron chi connectivity index (χ1n) is 8.43. The minimum Gasteiger partial charge on any atom is -0.371 e. The predicted molar refractivity (Wildman–Crippen MR) is 96.1 cm³/mol. The molecule has 2 unspecified atom stereocenters. The number of rotatable bonds is 6. The molecule has 1 heterocycles. The third-order valence-electron chi connectivity index (χ3n) is 4.59. The summed E-state index contributed by atoms with van der Waals surface area (Å²) in [6.07, 6.45) is 5.19. The van der Waals surface area contributed by atoms with E-state index in [0.29, 0.717) is 6.04 Å². The lowest BCUT2D eigenvalue weighted by Crippen LogP contribution is -2.36. The minimum absolute atomic E-state index is 0.402. The van der Waals surface area contributed by atoms with Gasteiger partial charge >= 0.3 is 0 Å². The molecule has 0 aromatic heterocycles. The van der Waals surface area contributed by atoms with Crippen molar-refractivity contribution in [3.63, 3.8) is 0 Å². The average molecular weight is 353 g/mol. The van der Waals surface area contributed by atoms with Crippen LogP contribution in [0.1, 0.15) is 58.1 Å². The fourth-order valence-corrected chi connectivity index (χ4v) is 3.63. The average Bonchev–Trinajstić information content (AvgIpc) is 2.52. The molecule has 1 fully saturated rings.